The van der Waals surface area contributed by atoms with Gasteiger partial charge in [-0.25, -0.2) is 19.7 Å². The van der Waals surface area contributed by atoms with Crippen LogP contribution in [0.3, 0.4) is 0 Å². The summed E-state index contributed by atoms with van der Waals surface area (Å²) in [6.07, 6.45) is 1.81. The molecule has 0 radical (unpaired) electrons. The van der Waals surface area contributed by atoms with Gasteiger partial charge in [-0.2, -0.15) is 0 Å². The molecule has 0 aliphatic carbocycles. The minimum atomic E-state index is -0.971. The van der Waals surface area contributed by atoms with Crippen LogP contribution in [-0.2, 0) is 0 Å². The summed E-state index contributed by atoms with van der Waals surface area (Å²) in [7, 11) is 0. The quantitative estimate of drug-likeness (QED) is 0.548. The lowest BCUT2D eigenvalue weighted by Crippen LogP contribution is -2.47. The molecule has 154 valence electrons. The van der Waals surface area contributed by atoms with E-state index in [0.29, 0.717) is 11.0 Å². The first-order valence-corrected chi connectivity index (χ1v) is 10.2. The Hall–Kier alpha value is -4.00. The van der Waals surface area contributed by atoms with E-state index in [1.54, 1.807) is 18.2 Å². The second kappa shape index (κ2) is 8.02. The SMILES string of the molecule is O=C(O)c1ccc2nc(-c3ccccc3)c(N3CCN(c4ccccn4)CC3)nc2c1. The Kier molecular flexibility index (Phi) is 4.92. The number of hydrogen-bond donors (Lipinski definition) is 1. The van der Waals surface area contributed by atoms with Gasteiger partial charge in [-0.3, -0.25) is 0 Å². The van der Waals surface area contributed by atoms with E-state index < -0.39 is 5.97 Å². The molecule has 4 aromatic rings. The summed E-state index contributed by atoms with van der Waals surface area (Å²) in [5.74, 6) is 0.782. The van der Waals surface area contributed by atoms with Crippen molar-refractivity contribution in [1.29, 1.82) is 0 Å². The summed E-state index contributed by atoms with van der Waals surface area (Å²) in [5.41, 5.74) is 3.27. The second-order valence-electron chi connectivity index (χ2n) is 7.43. The minimum Gasteiger partial charge on any atom is -0.478 e. The molecule has 31 heavy (non-hydrogen) atoms. The van der Waals surface area contributed by atoms with Gasteiger partial charge in [-0.15, -0.1) is 0 Å². The van der Waals surface area contributed by atoms with Gasteiger partial charge < -0.3 is 14.9 Å². The fraction of sp³-hybridized carbons (Fsp3) is 0.167. The van der Waals surface area contributed by atoms with Crippen molar-refractivity contribution in [3.8, 4) is 11.3 Å². The summed E-state index contributed by atoms with van der Waals surface area (Å²) in [6, 6.07) is 20.8. The van der Waals surface area contributed by atoms with Gasteiger partial charge in [-0.05, 0) is 30.3 Å². The molecular weight excluding hydrogens is 390 g/mol. The maximum absolute atomic E-state index is 11.4. The third kappa shape index (κ3) is 3.77. The van der Waals surface area contributed by atoms with E-state index in [2.05, 4.69) is 14.8 Å². The number of pyridine rings is 1. The average molecular weight is 411 g/mol. The van der Waals surface area contributed by atoms with E-state index in [9.17, 15) is 9.90 Å². The third-order valence-corrected chi connectivity index (χ3v) is 5.49. The maximum Gasteiger partial charge on any atom is 0.335 e. The van der Waals surface area contributed by atoms with Crippen LogP contribution in [0.25, 0.3) is 22.3 Å². The number of anilines is 2. The van der Waals surface area contributed by atoms with Gasteiger partial charge in [0.05, 0.1) is 16.6 Å². The molecule has 1 fully saturated rings. The number of fused-ring (bicyclic) bond motifs is 1. The van der Waals surface area contributed by atoms with Crippen molar-refractivity contribution >= 4 is 28.6 Å². The Morgan fingerprint density at radius 1 is 0.806 bits per heavy atom. The van der Waals surface area contributed by atoms with E-state index in [1.165, 1.54) is 0 Å². The number of piperazine rings is 1. The number of carboxylic acid groups (broad SMARTS) is 1. The topological polar surface area (TPSA) is 82.5 Å². The highest BCUT2D eigenvalue weighted by atomic mass is 16.4. The zero-order valence-corrected chi connectivity index (χ0v) is 16.8. The van der Waals surface area contributed by atoms with Gasteiger partial charge in [0.1, 0.15) is 11.5 Å². The van der Waals surface area contributed by atoms with Crippen molar-refractivity contribution < 1.29 is 9.90 Å². The molecule has 0 spiro atoms. The van der Waals surface area contributed by atoms with Crippen LogP contribution < -0.4 is 9.80 Å². The highest BCUT2D eigenvalue weighted by Gasteiger charge is 2.23. The molecule has 0 amide bonds. The van der Waals surface area contributed by atoms with Gasteiger partial charge >= 0.3 is 5.97 Å². The summed E-state index contributed by atoms with van der Waals surface area (Å²) < 4.78 is 0. The third-order valence-electron chi connectivity index (χ3n) is 5.49. The molecule has 2 aromatic heterocycles. The summed E-state index contributed by atoms with van der Waals surface area (Å²) in [5, 5.41) is 9.36. The van der Waals surface area contributed by atoms with E-state index in [4.69, 9.17) is 9.97 Å². The summed E-state index contributed by atoms with van der Waals surface area (Å²) >= 11 is 0. The molecule has 1 aliphatic heterocycles. The fourth-order valence-corrected chi connectivity index (χ4v) is 3.88. The second-order valence-corrected chi connectivity index (χ2v) is 7.43. The minimum absolute atomic E-state index is 0.209. The number of carbonyl (C=O) groups is 1. The molecule has 0 saturated carbocycles. The van der Waals surface area contributed by atoms with E-state index in [0.717, 1.165) is 49.1 Å². The molecule has 7 heteroatoms. The predicted molar refractivity (Wildman–Crippen MR) is 121 cm³/mol. The molecule has 1 N–H and O–H groups in total. The molecular formula is C24H21N5O2. The van der Waals surface area contributed by atoms with Crippen LogP contribution in [0.1, 0.15) is 10.4 Å². The number of carboxylic acids is 1. The summed E-state index contributed by atoms with van der Waals surface area (Å²) in [4.78, 5) is 30.1. The first-order chi connectivity index (χ1) is 15.2. The van der Waals surface area contributed by atoms with Crippen LogP contribution in [0, 0.1) is 0 Å². The number of benzene rings is 2. The largest absolute Gasteiger partial charge is 0.478 e. The van der Waals surface area contributed by atoms with Gasteiger partial charge in [0.2, 0.25) is 0 Å². The molecule has 5 rings (SSSR count). The molecule has 0 atom stereocenters. The maximum atomic E-state index is 11.4. The molecule has 3 heterocycles. The van der Waals surface area contributed by atoms with Crippen molar-refractivity contribution in [3.05, 3.63) is 78.5 Å². The molecule has 1 saturated heterocycles. The van der Waals surface area contributed by atoms with Crippen molar-refractivity contribution in [2.75, 3.05) is 36.0 Å². The fourth-order valence-electron chi connectivity index (χ4n) is 3.88. The Balaban J connectivity index is 1.53. The van der Waals surface area contributed by atoms with Crippen molar-refractivity contribution in [3.63, 3.8) is 0 Å². The van der Waals surface area contributed by atoms with Gasteiger partial charge in [-0.1, -0.05) is 36.4 Å². The number of hydrogen-bond acceptors (Lipinski definition) is 6. The average Bonchev–Trinajstić information content (AvgIpc) is 2.84. The lowest BCUT2D eigenvalue weighted by atomic mass is 10.1. The Morgan fingerprint density at radius 3 is 2.26 bits per heavy atom. The standard InChI is InChI=1S/C24H21N5O2/c30-24(31)18-9-10-19-20(16-18)27-23(22(26-19)17-6-2-1-3-7-17)29-14-12-28(13-15-29)21-8-4-5-11-25-21/h1-11,16H,12-15H2,(H,30,31). The number of aromatic carboxylic acids is 1. The summed E-state index contributed by atoms with van der Waals surface area (Å²) in [6.45, 7) is 3.19. The van der Waals surface area contributed by atoms with Crippen molar-refractivity contribution in [2.45, 2.75) is 0 Å². The zero-order chi connectivity index (χ0) is 21.2. The van der Waals surface area contributed by atoms with Gasteiger partial charge in [0, 0.05) is 37.9 Å². The first kappa shape index (κ1) is 19.0. The lowest BCUT2D eigenvalue weighted by molar-refractivity contribution is 0.0697. The Bertz CT molecular complexity index is 1220. The lowest BCUT2D eigenvalue weighted by Gasteiger charge is -2.36. The van der Waals surface area contributed by atoms with Gasteiger partial charge in [0.25, 0.3) is 0 Å². The predicted octanol–water partition coefficient (Wildman–Crippen LogP) is 3.72. The monoisotopic (exact) mass is 411 g/mol. The van der Waals surface area contributed by atoms with Crippen LogP contribution >= 0.6 is 0 Å². The van der Waals surface area contributed by atoms with Crippen LogP contribution in [0.4, 0.5) is 11.6 Å². The number of aromatic nitrogens is 3. The van der Waals surface area contributed by atoms with Crippen LogP contribution in [0.15, 0.2) is 72.9 Å². The van der Waals surface area contributed by atoms with Crippen LogP contribution in [-0.4, -0.2) is 52.2 Å². The van der Waals surface area contributed by atoms with Crippen LogP contribution in [0.5, 0.6) is 0 Å². The normalized spacial score (nSPS) is 14.1. The zero-order valence-electron chi connectivity index (χ0n) is 16.8. The van der Waals surface area contributed by atoms with Gasteiger partial charge in [0.15, 0.2) is 5.82 Å². The van der Waals surface area contributed by atoms with E-state index in [-0.39, 0.29) is 5.56 Å². The molecule has 2 aromatic carbocycles. The molecule has 1 aliphatic rings. The first-order valence-electron chi connectivity index (χ1n) is 10.2. The van der Waals surface area contributed by atoms with Crippen molar-refractivity contribution in [2.24, 2.45) is 0 Å². The smallest absolute Gasteiger partial charge is 0.335 e. The molecule has 7 nitrogen and oxygen atoms in total. The number of nitrogens with zero attached hydrogens (tertiary/aromatic N) is 5. The van der Waals surface area contributed by atoms with Crippen molar-refractivity contribution in [1.82, 2.24) is 15.0 Å². The highest BCUT2D eigenvalue weighted by molar-refractivity contribution is 5.93. The van der Waals surface area contributed by atoms with E-state index >= 15 is 0 Å². The molecule has 0 unspecified atom stereocenters. The Morgan fingerprint density at radius 2 is 1.55 bits per heavy atom. The van der Waals surface area contributed by atoms with Crippen LogP contribution in [0.2, 0.25) is 0 Å². The van der Waals surface area contributed by atoms with E-state index in [1.807, 2.05) is 54.7 Å². The number of rotatable bonds is 4. The highest BCUT2D eigenvalue weighted by Crippen LogP contribution is 2.31. The molecule has 0 bridgehead atoms. The Labute approximate surface area is 179 Å².